The number of pyridine rings is 1. The van der Waals surface area contributed by atoms with Crippen molar-refractivity contribution in [2.24, 2.45) is 5.92 Å². The molecule has 4 rings (SSSR count). The maximum Gasteiger partial charge on any atom is 0.222 e. The summed E-state index contributed by atoms with van der Waals surface area (Å²) in [5.74, 6) is 0.120. The van der Waals surface area contributed by atoms with Crippen LogP contribution in [0.3, 0.4) is 0 Å². The molecule has 1 aliphatic heterocycles. The highest BCUT2D eigenvalue weighted by Crippen LogP contribution is 2.24. The molecule has 1 saturated heterocycles. The van der Waals surface area contributed by atoms with Crippen LogP contribution in [-0.2, 0) is 11.2 Å². The molecule has 1 amide bonds. The minimum Gasteiger partial charge on any atom is -0.342 e. The fourth-order valence-corrected chi connectivity index (χ4v) is 4.05. The minimum atomic E-state index is -0.125. The molecule has 3 aromatic rings. The predicted molar refractivity (Wildman–Crippen MR) is 118 cm³/mol. The van der Waals surface area contributed by atoms with E-state index in [1.165, 1.54) is 0 Å². The van der Waals surface area contributed by atoms with Gasteiger partial charge in [0.25, 0.3) is 0 Å². The highest BCUT2D eigenvalue weighted by Gasteiger charge is 2.28. The van der Waals surface area contributed by atoms with Gasteiger partial charge in [-0.1, -0.05) is 60.7 Å². The van der Waals surface area contributed by atoms with Crippen molar-refractivity contribution in [1.82, 2.24) is 9.88 Å². The highest BCUT2D eigenvalue weighted by atomic mass is 16.2. The summed E-state index contributed by atoms with van der Waals surface area (Å²) in [4.78, 5) is 31.8. The number of hydrogen-bond acceptors (Lipinski definition) is 3. The van der Waals surface area contributed by atoms with Crippen molar-refractivity contribution in [2.75, 3.05) is 13.1 Å². The zero-order chi connectivity index (χ0) is 20.8. The first-order chi connectivity index (χ1) is 14.7. The van der Waals surface area contributed by atoms with Gasteiger partial charge in [0.15, 0.2) is 5.78 Å². The van der Waals surface area contributed by atoms with Crippen molar-refractivity contribution in [1.29, 1.82) is 0 Å². The summed E-state index contributed by atoms with van der Waals surface area (Å²) in [7, 11) is 0. The van der Waals surface area contributed by atoms with Crippen LogP contribution in [-0.4, -0.2) is 34.7 Å². The smallest absolute Gasteiger partial charge is 0.222 e. The number of likely N-dealkylation sites (tertiary alicyclic amines) is 1. The van der Waals surface area contributed by atoms with E-state index in [2.05, 4.69) is 17.1 Å². The zero-order valence-electron chi connectivity index (χ0n) is 17.0. The van der Waals surface area contributed by atoms with Gasteiger partial charge in [-0.15, -0.1) is 0 Å². The lowest BCUT2D eigenvalue weighted by molar-refractivity contribution is -0.132. The van der Waals surface area contributed by atoms with E-state index in [9.17, 15) is 9.59 Å². The Morgan fingerprint density at radius 1 is 0.900 bits per heavy atom. The quantitative estimate of drug-likeness (QED) is 0.560. The number of aryl methyl sites for hydroxylation is 1. The maximum atomic E-state index is 13.0. The third kappa shape index (κ3) is 4.82. The van der Waals surface area contributed by atoms with Gasteiger partial charge in [-0.25, -0.2) is 0 Å². The number of piperidine rings is 1. The SMILES string of the molecule is O=C(c1ccc(-c2ccccc2)cc1)C1CCCN(C(=O)CCc2ccccn2)C1. The summed E-state index contributed by atoms with van der Waals surface area (Å²) in [6, 6.07) is 23.7. The lowest BCUT2D eigenvalue weighted by Gasteiger charge is -2.32. The molecule has 1 aliphatic rings. The molecule has 1 fully saturated rings. The Morgan fingerprint density at radius 2 is 1.63 bits per heavy atom. The summed E-state index contributed by atoms with van der Waals surface area (Å²) < 4.78 is 0. The van der Waals surface area contributed by atoms with Crippen LogP contribution in [0.15, 0.2) is 79.0 Å². The van der Waals surface area contributed by atoms with Crippen molar-refractivity contribution in [3.05, 3.63) is 90.3 Å². The Hall–Kier alpha value is -3.27. The monoisotopic (exact) mass is 398 g/mol. The molecule has 1 aromatic heterocycles. The highest BCUT2D eigenvalue weighted by molar-refractivity contribution is 5.98. The molecular formula is C26H26N2O2. The normalized spacial score (nSPS) is 16.3. The lowest BCUT2D eigenvalue weighted by atomic mass is 9.89. The number of rotatable bonds is 6. The topological polar surface area (TPSA) is 50.3 Å². The van der Waals surface area contributed by atoms with E-state index in [1.54, 1.807) is 6.20 Å². The van der Waals surface area contributed by atoms with Gasteiger partial charge in [-0.3, -0.25) is 14.6 Å². The number of aromatic nitrogens is 1. The largest absolute Gasteiger partial charge is 0.342 e. The third-order valence-corrected chi connectivity index (χ3v) is 5.74. The van der Waals surface area contributed by atoms with Crippen LogP contribution >= 0.6 is 0 Å². The Morgan fingerprint density at radius 3 is 2.37 bits per heavy atom. The number of carbonyl (C=O) groups excluding carboxylic acids is 2. The van der Waals surface area contributed by atoms with Gasteiger partial charge in [-0.05, 0) is 42.5 Å². The van der Waals surface area contributed by atoms with E-state index >= 15 is 0 Å². The molecule has 0 saturated carbocycles. The summed E-state index contributed by atoms with van der Waals surface area (Å²) in [5.41, 5.74) is 3.89. The number of amides is 1. The molecule has 2 heterocycles. The van der Waals surface area contributed by atoms with E-state index in [1.807, 2.05) is 65.6 Å². The van der Waals surface area contributed by atoms with Gasteiger partial charge in [0.05, 0.1) is 0 Å². The van der Waals surface area contributed by atoms with E-state index in [4.69, 9.17) is 0 Å². The van der Waals surface area contributed by atoms with Crippen molar-refractivity contribution >= 4 is 11.7 Å². The Labute approximate surface area is 177 Å². The predicted octanol–water partition coefficient (Wildman–Crippen LogP) is 4.80. The fourth-order valence-electron chi connectivity index (χ4n) is 4.05. The number of hydrogen-bond donors (Lipinski definition) is 0. The van der Waals surface area contributed by atoms with Gasteiger partial charge in [0.2, 0.25) is 5.91 Å². The Kier molecular flexibility index (Phi) is 6.33. The molecule has 152 valence electrons. The molecule has 0 radical (unpaired) electrons. The second-order valence-corrected chi connectivity index (χ2v) is 7.81. The first kappa shape index (κ1) is 20.0. The molecule has 1 atom stereocenters. The average Bonchev–Trinajstić information content (AvgIpc) is 2.83. The zero-order valence-corrected chi connectivity index (χ0v) is 17.0. The van der Waals surface area contributed by atoms with Gasteiger partial charge >= 0.3 is 0 Å². The molecule has 2 aromatic carbocycles. The first-order valence-electron chi connectivity index (χ1n) is 10.6. The van der Waals surface area contributed by atoms with Crippen LogP contribution in [0.4, 0.5) is 0 Å². The van der Waals surface area contributed by atoms with Crippen LogP contribution in [0, 0.1) is 5.92 Å². The second kappa shape index (κ2) is 9.49. The summed E-state index contributed by atoms with van der Waals surface area (Å²) >= 11 is 0. The fraction of sp³-hybridized carbons (Fsp3) is 0.269. The standard InChI is InChI=1S/C26H26N2O2/c29-25(16-15-24-10-4-5-17-27-24)28-18-6-9-23(19-28)26(30)22-13-11-21(12-14-22)20-7-2-1-3-8-20/h1-5,7-8,10-14,17,23H,6,9,15-16,18-19H2. The van der Waals surface area contributed by atoms with Crippen molar-refractivity contribution in [3.63, 3.8) is 0 Å². The van der Waals surface area contributed by atoms with Crippen molar-refractivity contribution in [2.45, 2.75) is 25.7 Å². The molecule has 4 heteroatoms. The number of benzene rings is 2. The van der Waals surface area contributed by atoms with Crippen LogP contribution < -0.4 is 0 Å². The molecule has 0 aliphatic carbocycles. The van der Waals surface area contributed by atoms with E-state index < -0.39 is 0 Å². The molecule has 30 heavy (non-hydrogen) atoms. The van der Waals surface area contributed by atoms with E-state index in [0.717, 1.165) is 41.8 Å². The minimum absolute atomic E-state index is 0.109. The molecule has 0 spiro atoms. The van der Waals surface area contributed by atoms with Crippen LogP contribution in [0.1, 0.15) is 35.3 Å². The number of nitrogens with zero attached hydrogens (tertiary/aromatic N) is 2. The first-order valence-corrected chi connectivity index (χ1v) is 10.6. The van der Waals surface area contributed by atoms with Crippen molar-refractivity contribution < 1.29 is 9.59 Å². The van der Waals surface area contributed by atoms with Crippen LogP contribution in [0.25, 0.3) is 11.1 Å². The molecular weight excluding hydrogens is 372 g/mol. The molecule has 4 nitrogen and oxygen atoms in total. The Balaban J connectivity index is 1.36. The van der Waals surface area contributed by atoms with E-state index in [-0.39, 0.29) is 17.6 Å². The molecule has 0 N–H and O–H groups in total. The second-order valence-electron chi connectivity index (χ2n) is 7.81. The van der Waals surface area contributed by atoms with Crippen LogP contribution in [0.5, 0.6) is 0 Å². The average molecular weight is 399 g/mol. The van der Waals surface area contributed by atoms with Crippen LogP contribution in [0.2, 0.25) is 0 Å². The van der Waals surface area contributed by atoms with E-state index in [0.29, 0.717) is 19.4 Å². The number of ketones is 1. The van der Waals surface area contributed by atoms with Gasteiger partial charge in [0.1, 0.15) is 0 Å². The number of carbonyl (C=O) groups is 2. The van der Waals surface area contributed by atoms with Gasteiger partial charge in [0, 0.05) is 42.9 Å². The summed E-state index contributed by atoms with van der Waals surface area (Å²) in [6.07, 6.45) is 4.52. The van der Waals surface area contributed by atoms with Gasteiger partial charge in [-0.2, -0.15) is 0 Å². The summed E-state index contributed by atoms with van der Waals surface area (Å²) in [5, 5.41) is 0. The molecule has 1 unspecified atom stereocenters. The van der Waals surface area contributed by atoms with Crippen molar-refractivity contribution in [3.8, 4) is 11.1 Å². The lowest BCUT2D eigenvalue weighted by Crippen LogP contribution is -2.42. The maximum absolute atomic E-state index is 13.0. The molecule has 0 bridgehead atoms. The van der Waals surface area contributed by atoms with Gasteiger partial charge < -0.3 is 4.90 Å². The Bertz CT molecular complexity index is 985. The summed E-state index contributed by atoms with van der Waals surface area (Å²) in [6.45, 7) is 1.25. The number of Topliss-reactive ketones (excluding diaryl/α,β-unsaturated/α-hetero) is 1. The third-order valence-electron chi connectivity index (χ3n) is 5.74.